The second-order valence-corrected chi connectivity index (χ2v) is 8.87. The van der Waals surface area contributed by atoms with Gasteiger partial charge in [-0.2, -0.15) is 0 Å². The van der Waals surface area contributed by atoms with Crippen molar-refractivity contribution in [1.82, 2.24) is 4.90 Å². The lowest BCUT2D eigenvalue weighted by atomic mass is 10.1. The average molecular weight is 416 g/mol. The molecular formula is C17H22BrNO4S. The largest absolute Gasteiger partial charge is 0.385 e. The minimum absolute atomic E-state index is 0.0502. The maximum absolute atomic E-state index is 12.6. The summed E-state index contributed by atoms with van der Waals surface area (Å²) in [5.41, 5.74) is 0.904. The molecule has 1 aliphatic rings. The highest BCUT2D eigenvalue weighted by Gasteiger charge is 2.33. The van der Waals surface area contributed by atoms with Gasteiger partial charge in [-0.25, -0.2) is 8.42 Å². The number of amides is 1. The fourth-order valence-electron chi connectivity index (χ4n) is 2.74. The molecule has 0 bridgehead atoms. The molecule has 1 atom stereocenters. The van der Waals surface area contributed by atoms with Gasteiger partial charge in [0.1, 0.15) is 0 Å². The lowest BCUT2D eigenvalue weighted by Gasteiger charge is -2.27. The first kappa shape index (κ1) is 19.1. The molecule has 1 aliphatic heterocycles. The van der Waals surface area contributed by atoms with Crippen LogP contribution < -0.4 is 0 Å². The molecule has 0 saturated carbocycles. The van der Waals surface area contributed by atoms with Gasteiger partial charge in [-0.15, -0.1) is 0 Å². The smallest absolute Gasteiger partial charge is 0.246 e. The summed E-state index contributed by atoms with van der Waals surface area (Å²) < 4.78 is 29.4. The summed E-state index contributed by atoms with van der Waals surface area (Å²) in [6, 6.07) is 7.37. The van der Waals surface area contributed by atoms with Crippen LogP contribution in [0.1, 0.15) is 18.4 Å². The number of sulfone groups is 1. The van der Waals surface area contributed by atoms with Gasteiger partial charge in [0.25, 0.3) is 0 Å². The quantitative estimate of drug-likeness (QED) is 0.506. The zero-order valence-electron chi connectivity index (χ0n) is 13.7. The molecule has 5 nitrogen and oxygen atoms in total. The summed E-state index contributed by atoms with van der Waals surface area (Å²) >= 11 is 3.44. The van der Waals surface area contributed by atoms with Crippen molar-refractivity contribution in [1.29, 1.82) is 0 Å². The number of carbonyl (C=O) groups excluding carboxylic acids is 1. The molecule has 0 aromatic heterocycles. The van der Waals surface area contributed by atoms with Gasteiger partial charge >= 0.3 is 0 Å². The topological polar surface area (TPSA) is 63.7 Å². The van der Waals surface area contributed by atoms with Crippen LogP contribution >= 0.6 is 15.9 Å². The third kappa shape index (κ3) is 5.43. The molecule has 1 heterocycles. The van der Waals surface area contributed by atoms with E-state index >= 15 is 0 Å². The van der Waals surface area contributed by atoms with Gasteiger partial charge in [0.15, 0.2) is 9.84 Å². The summed E-state index contributed by atoms with van der Waals surface area (Å²) in [5, 5.41) is 0. The second kappa shape index (κ2) is 8.78. The number of benzene rings is 1. The number of hydrogen-bond acceptors (Lipinski definition) is 4. The summed E-state index contributed by atoms with van der Waals surface area (Å²) in [6.07, 6.45) is 4.45. The van der Waals surface area contributed by atoms with Gasteiger partial charge in [-0.05, 0) is 30.5 Å². The zero-order valence-corrected chi connectivity index (χ0v) is 16.1. The first-order valence-electron chi connectivity index (χ1n) is 7.85. The number of halogens is 1. The van der Waals surface area contributed by atoms with E-state index in [0.29, 0.717) is 26.0 Å². The molecule has 1 unspecified atom stereocenters. The molecule has 0 N–H and O–H groups in total. The maximum atomic E-state index is 12.6. The Morgan fingerprint density at radius 2 is 2.17 bits per heavy atom. The van der Waals surface area contributed by atoms with Crippen molar-refractivity contribution in [3.8, 4) is 0 Å². The predicted molar refractivity (Wildman–Crippen MR) is 98.4 cm³/mol. The van der Waals surface area contributed by atoms with Crippen LogP contribution in [0.15, 0.2) is 34.8 Å². The predicted octanol–water partition coefficient (Wildman–Crippen LogP) is 2.51. The number of methoxy groups -OCH3 is 1. The molecule has 1 fully saturated rings. The van der Waals surface area contributed by atoms with Crippen molar-refractivity contribution >= 4 is 37.8 Å². The molecule has 0 aliphatic carbocycles. The lowest BCUT2D eigenvalue weighted by molar-refractivity contribution is -0.127. The summed E-state index contributed by atoms with van der Waals surface area (Å²) in [6.45, 7) is 1.03. The van der Waals surface area contributed by atoms with Crippen LogP contribution in [-0.4, -0.2) is 57.0 Å². The van der Waals surface area contributed by atoms with E-state index in [1.807, 2.05) is 24.3 Å². The van der Waals surface area contributed by atoms with E-state index in [9.17, 15) is 13.2 Å². The first-order chi connectivity index (χ1) is 11.4. The van der Waals surface area contributed by atoms with Crippen molar-refractivity contribution in [2.75, 3.05) is 31.8 Å². The SMILES string of the molecule is COCCCN(C(=O)/C=C/c1ccccc1Br)C1CCS(=O)(=O)C1. The fraction of sp³-hybridized carbons (Fsp3) is 0.471. The van der Waals surface area contributed by atoms with Crippen LogP contribution in [0.25, 0.3) is 6.08 Å². The molecule has 1 aromatic rings. The number of rotatable bonds is 7. The Morgan fingerprint density at radius 1 is 1.42 bits per heavy atom. The van der Waals surface area contributed by atoms with Crippen LogP contribution in [-0.2, 0) is 19.4 Å². The van der Waals surface area contributed by atoms with Crippen molar-refractivity contribution in [3.63, 3.8) is 0 Å². The highest BCUT2D eigenvalue weighted by Crippen LogP contribution is 2.20. The van der Waals surface area contributed by atoms with Gasteiger partial charge in [-0.1, -0.05) is 34.1 Å². The normalized spacial score (nSPS) is 19.7. The van der Waals surface area contributed by atoms with E-state index in [4.69, 9.17) is 4.74 Å². The van der Waals surface area contributed by atoms with Crippen molar-refractivity contribution in [3.05, 3.63) is 40.4 Å². The summed E-state index contributed by atoms with van der Waals surface area (Å²) in [7, 11) is -1.43. The molecule has 2 rings (SSSR count). The molecular weight excluding hydrogens is 394 g/mol. The van der Waals surface area contributed by atoms with Gasteiger partial charge in [-0.3, -0.25) is 4.79 Å². The molecule has 1 saturated heterocycles. The molecule has 0 spiro atoms. The Hall–Kier alpha value is -1.18. The lowest BCUT2D eigenvalue weighted by Crippen LogP contribution is -2.41. The van der Waals surface area contributed by atoms with E-state index in [-0.39, 0.29) is 23.5 Å². The molecule has 24 heavy (non-hydrogen) atoms. The monoisotopic (exact) mass is 415 g/mol. The summed E-state index contributed by atoms with van der Waals surface area (Å²) in [4.78, 5) is 14.3. The minimum atomic E-state index is -3.04. The Morgan fingerprint density at radius 3 is 2.79 bits per heavy atom. The number of ether oxygens (including phenoxy) is 1. The van der Waals surface area contributed by atoms with E-state index in [0.717, 1.165) is 10.0 Å². The van der Waals surface area contributed by atoms with Gasteiger partial charge in [0.2, 0.25) is 5.91 Å². The Kier molecular flexibility index (Phi) is 7.01. The summed E-state index contributed by atoms with van der Waals surface area (Å²) in [5.74, 6) is 0.0396. The van der Waals surface area contributed by atoms with Crippen LogP contribution in [0.2, 0.25) is 0 Å². The highest BCUT2D eigenvalue weighted by atomic mass is 79.9. The Bertz CT molecular complexity index is 702. The van der Waals surface area contributed by atoms with Crippen LogP contribution in [0.3, 0.4) is 0 Å². The number of carbonyl (C=O) groups is 1. The zero-order chi connectivity index (χ0) is 17.6. The van der Waals surface area contributed by atoms with Crippen molar-refractivity contribution in [2.24, 2.45) is 0 Å². The maximum Gasteiger partial charge on any atom is 0.246 e. The van der Waals surface area contributed by atoms with Gasteiger partial charge < -0.3 is 9.64 Å². The molecule has 1 amide bonds. The van der Waals surface area contributed by atoms with Gasteiger partial charge in [0.05, 0.1) is 11.5 Å². The average Bonchev–Trinajstić information content (AvgIpc) is 2.90. The first-order valence-corrected chi connectivity index (χ1v) is 10.5. The Labute approximate surface area is 151 Å². The highest BCUT2D eigenvalue weighted by molar-refractivity contribution is 9.10. The van der Waals surface area contributed by atoms with E-state index in [1.165, 1.54) is 6.08 Å². The molecule has 1 aromatic carbocycles. The van der Waals surface area contributed by atoms with Crippen LogP contribution in [0.5, 0.6) is 0 Å². The van der Waals surface area contributed by atoms with E-state index in [1.54, 1.807) is 18.1 Å². The second-order valence-electron chi connectivity index (χ2n) is 5.79. The third-order valence-corrected chi connectivity index (χ3v) is 6.46. The van der Waals surface area contributed by atoms with Crippen molar-refractivity contribution < 1.29 is 17.9 Å². The van der Waals surface area contributed by atoms with Crippen LogP contribution in [0.4, 0.5) is 0 Å². The number of nitrogens with zero attached hydrogens (tertiary/aromatic N) is 1. The fourth-order valence-corrected chi connectivity index (χ4v) is 4.89. The van der Waals surface area contributed by atoms with Crippen molar-refractivity contribution in [2.45, 2.75) is 18.9 Å². The van der Waals surface area contributed by atoms with Crippen LogP contribution in [0, 0.1) is 0 Å². The number of hydrogen-bond donors (Lipinski definition) is 0. The molecule has 0 radical (unpaired) electrons. The van der Waals surface area contributed by atoms with E-state index in [2.05, 4.69) is 15.9 Å². The Balaban J connectivity index is 2.10. The molecule has 132 valence electrons. The molecule has 7 heteroatoms. The third-order valence-electron chi connectivity index (χ3n) is 3.99. The standard InChI is InChI=1S/C17H22BrNO4S/c1-23-11-4-10-19(15-9-12-24(21,22)13-15)17(20)8-7-14-5-2-3-6-16(14)18/h2-3,5-8,15H,4,9-13H2,1H3/b8-7+. The van der Waals surface area contributed by atoms with Gasteiger partial charge in [0, 0.05) is 36.9 Å². The van der Waals surface area contributed by atoms with E-state index < -0.39 is 9.84 Å². The minimum Gasteiger partial charge on any atom is -0.385 e.